The summed E-state index contributed by atoms with van der Waals surface area (Å²) in [6.45, 7) is 0. The first-order valence-electron chi connectivity index (χ1n) is 8.42. The predicted molar refractivity (Wildman–Crippen MR) is 109 cm³/mol. The molecule has 0 bridgehead atoms. The third-order valence-electron chi connectivity index (χ3n) is 4.50. The number of carbonyl (C=O) groups is 1. The van der Waals surface area contributed by atoms with Gasteiger partial charge < -0.3 is 0 Å². The van der Waals surface area contributed by atoms with Crippen LogP contribution in [0.4, 0.5) is 0 Å². The van der Waals surface area contributed by atoms with Gasteiger partial charge in [-0.25, -0.2) is 0 Å². The first-order valence-corrected chi connectivity index (χ1v) is 9.22. The maximum absolute atomic E-state index is 13.5. The van der Waals surface area contributed by atoms with Gasteiger partial charge in [0.1, 0.15) is 0 Å². The highest BCUT2D eigenvalue weighted by Crippen LogP contribution is 2.32. The maximum atomic E-state index is 13.5. The van der Waals surface area contributed by atoms with Gasteiger partial charge in [0.2, 0.25) is 0 Å². The Hall–Kier alpha value is -2.78. The van der Waals surface area contributed by atoms with Gasteiger partial charge in [0.05, 0.1) is 11.4 Å². The molecule has 0 amide bonds. The molecule has 1 unspecified atom stereocenters. The second-order valence-electron chi connectivity index (χ2n) is 6.14. The van der Waals surface area contributed by atoms with Gasteiger partial charge >= 0.3 is 0 Å². The van der Waals surface area contributed by atoms with Gasteiger partial charge in [-0.3, -0.25) is 9.78 Å². The van der Waals surface area contributed by atoms with E-state index in [2.05, 4.69) is 20.9 Å². The lowest BCUT2D eigenvalue weighted by molar-refractivity contribution is 0.0974. The summed E-state index contributed by atoms with van der Waals surface area (Å²) in [4.78, 5) is 18.0. The Kier molecular flexibility index (Phi) is 4.63. The van der Waals surface area contributed by atoms with E-state index in [4.69, 9.17) is 0 Å². The molecule has 0 radical (unpaired) electrons. The Bertz CT molecular complexity index is 1050. The molecule has 4 rings (SSSR count). The molecule has 0 spiro atoms. The molecule has 0 aliphatic carbocycles. The summed E-state index contributed by atoms with van der Waals surface area (Å²) in [5.41, 5.74) is 3.46. The minimum absolute atomic E-state index is 0.0712. The number of rotatable bonds is 4. The third-order valence-corrected chi connectivity index (χ3v) is 5.03. The van der Waals surface area contributed by atoms with Crippen LogP contribution in [0.1, 0.15) is 27.4 Å². The summed E-state index contributed by atoms with van der Waals surface area (Å²) in [6.07, 6.45) is 1.78. The molecule has 126 valence electrons. The zero-order valence-electron chi connectivity index (χ0n) is 14.0. The van der Waals surface area contributed by atoms with Crippen molar-refractivity contribution in [3.63, 3.8) is 0 Å². The quantitative estimate of drug-likeness (QED) is 0.391. The van der Waals surface area contributed by atoms with Crippen molar-refractivity contribution in [2.24, 2.45) is 0 Å². The second-order valence-corrected chi connectivity index (χ2v) is 7.05. The summed E-state index contributed by atoms with van der Waals surface area (Å²) in [5.74, 6) is -0.321. The van der Waals surface area contributed by atoms with Gasteiger partial charge in [0.25, 0.3) is 0 Å². The lowest BCUT2D eigenvalue weighted by Gasteiger charge is -2.18. The number of pyridine rings is 1. The van der Waals surface area contributed by atoms with Gasteiger partial charge in [-0.1, -0.05) is 82.7 Å². The van der Waals surface area contributed by atoms with Crippen LogP contribution in [0.3, 0.4) is 0 Å². The van der Waals surface area contributed by atoms with Gasteiger partial charge in [-0.2, -0.15) is 0 Å². The zero-order chi connectivity index (χ0) is 17.9. The molecule has 0 aliphatic heterocycles. The summed E-state index contributed by atoms with van der Waals surface area (Å²) in [5, 5.41) is 1.04. The molecule has 3 heteroatoms. The van der Waals surface area contributed by atoms with Crippen LogP contribution < -0.4 is 0 Å². The molecule has 0 aliphatic rings. The van der Waals surface area contributed by atoms with Crippen LogP contribution in [0, 0.1) is 0 Å². The van der Waals surface area contributed by atoms with E-state index in [1.165, 1.54) is 0 Å². The molecule has 4 aromatic rings. The molecule has 0 saturated heterocycles. The van der Waals surface area contributed by atoms with Crippen molar-refractivity contribution in [1.82, 2.24) is 4.98 Å². The minimum atomic E-state index is -0.393. The highest BCUT2D eigenvalue weighted by atomic mass is 79.9. The van der Waals surface area contributed by atoms with Crippen LogP contribution in [-0.2, 0) is 0 Å². The molecule has 0 fully saturated rings. The number of aromatic nitrogens is 1. The van der Waals surface area contributed by atoms with E-state index >= 15 is 0 Å². The van der Waals surface area contributed by atoms with E-state index in [-0.39, 0.29) is 5.78 Å². The summed E-state index contributed by atoms with van der Waals surface area (Å²) < 4.78 is 0.956. The molecule has 0 saturated carbocycles. The average Bonchev–Trinajstić information content (AvgIpc) is 2.70. The van der Waals surface area contributed by atoms with Gasteiger partial charge in [-0.15, -0.1) is 0 Å². The van der Waals surface area contributed by atoms with E-state index in [0.29, 0.717) is 5.56 Å². The highest BCUT2D eigenvalue weighted by Gasteiger charge is 2.26. The minimum Gasteiger partial charge on any atom is -0.293 e. The molecular weight excluding hydrogens is 386 g/mol. The van der Waals surface area contributed by atoms with Crippen molar-refractivity contribution in [3.8, 4) is 0 Å². The molecule has 2 nitrogen and oxygen atoms in total. The highest BCUT2D eigenvalue weighted by molar-refractivity contribution is 9.10. The Labute approximate surface area is 160 Å². The molecule has 1 atom stereocenters. The Morgan fingerprint density at radius 1 is 0.808 bits per heavy atom. The summed E-state index contributed by atoms with van der Waals surface area (Å²) in [6, 6.07) is 27.4. The fourth-order valence-electron chi connectivity index (χ4n) is 3.26. The topological polar surface area (TPSA) is 30.0 Å². The van der Waals surface area contributed by atoms with E-state index in [9.17, 15) is 4.79 Å². The number of hydrogen-bond donors (Lipinski definition) is 0. The van der Waals surface area contributed by atoms with E-state index in [0.717, 1.165) is 26.5 Å². The van der Waals surface area contributed by atoms with Crippen molar-refractivity contribution in [1.29, 1.82) is 0 Å². The maximum Gasteiger partial charge on any atom is 0.174 e. The first kappa shape index (κ1) is 16.7. The van der Waals surface area contributed by atoms with E-state index < -0.39 is 5.92 Å². The number of nitrogens with zero attached hydrogens (tertiary/aromatic N) is 1. The Morgan fingerprint density at radius 2 is 1.54 bits per heavy atom. The molecule has 26 heavy (non-hydrogen) atoms. The molecule has 1 aromatic heterocycles. The number of carbonyl (C=O) groups excluding carboxylic acids is 1. The SMILES string of the molecule is O=C(c1ccc(Br)cc1)C(c1ccccc1)c1cccc2cccnc12. The van der Waals surface area contributed by atoms with Gasteiger partial charge in [0.15, 0.2) is 5.78 Å². The van der Waals surface area contributed by atoms with Crippen LogP contribution in [0.15, 0.2) is 95.6 Å². The van der Waals surface area contributed by atoms with Crippen molar-refractivity contribution in [2.45, 2.75) is 5.92 Å². The van der Waals surface area contributed by atoms with Crippen LogP contribution in [0.2, 0.25) is 0 Å². The largest absolute Gasteiger partial charge is 0.293 e. The second kappa shape index (κ2) is 7.22. The van der Waals surface area contributed by atoms with E-state index in [1.54, 1.807) is 6.20 Å². The fraction of sp³-hybridized carbons (Fsp3) is 0.0435. The van der Waals surface area contributed by atoms with Crippen molar-refractivity contribution in [3.05, 3.63) is 112 Å². The molecular formula is C23H16BrNO. The lowest BCUT2D eigenvalue weighted by Crippen LogP contribution is -2.15. The summed E-state index contributed by atoms with van der Waals surface area (Å²) >= 11 is 3.43. The normalized spacial score (nSPS) is 12.0. The number of Topliss-reactive ketones (excluding diaryl/α,β-unsaturated/α-hetero) is 1. The van der Waals surface area contributed by atoms with Crippen molar-refractivity contribution >= 4 is 32.6 Å². The van der Waals surface area contributed by atoms with Crippen LogP contribution in [0.25, 0.3) is 10.9 Å². The fourth-order valence-corrected chi connectivity index (χ4v) is 3.52. The molecule has 1 heterocycles. The number of fused-ring (bicyclic) bond motifs is 1. The Morgan fingerprint density at radius 3 is 2.31 bits per heavy atom. The first-order chi connectivity index (χ1) is 12.7. The lowest BCUT2D eigenvalue weighted by atomic mass is 9.84. The average molecular weight is 402 g/mol. The number of halogens is 1. The predicted octanol–water partition coefficient (Wildman–Crippen LogP) is 6.01. The van der Waals surface area contributed by atoms with Gasteiger partial charge in [-0.05, 0) is 29.3 Å². The van der Waals surface area contributed by atoms with Crippen LogP contribution in [0.5, 0.6) is 0 Å². The molecule has 3 aromatic carbocycles. The van der Waals surface area contributed by atoms with Crippen molar-refractivity contribution in [2.75, 3.05) is 0 Å². The standard InChI is InChI=1S/C23H16BrNO/c24-19-13-11-18(12-14-19)23(26)21(16-6-2-1-3-7-16)20-10-4-8-17-9-5-15-25-22(17)20/h1-15,21H. The molecule has 0 N–H and O–H groups in total. The van der Waals surface area contributed by atoms with Gasteiger partial charge in [0, 0.05) is 21.6 Å². The smallest absolute Gasteiger partial charge is 0.174 e. The van der Waals surface area contributed by atoms with Crippen LogP contribution >= 0.6 is 15.9 Å². The zero-order valence-corrected chi connectivity index (χ0v) is 15.6. The van der Waals surface area contributed by atoms with E-state index in [1.807, 2.05) is 84.9 Å². The number of hydrogen-bond acceptors (Lipinski definition) is 2. The number of ketones is 1. The number of benzene rings is 3. The Balaban J connectivity index is 1.91. The summed E-state index contributed by atoms with van der Waals surface area (Å²) in [7, 11) is 0. The third kappa shape index (κ3) is 3.18. The monoisotopic (exact) mass is 401 g/mol. The van der Waals surface area contributed by atoms with Crippen molar-refractivity contribution < 1.29 is 4.79 Å². The number of para-hydroxylation sites is 1. The van der Waals surface area contributed by atoms with Crippen LogP contribution in [-0.4, -0.2) is 10.8 Å².